The molecule has 2 aliphatic rings. The van der Waals surface area contributed by atoms with Gasteiger partial charge in [-0.15, -0.1) is 0 Å². The van der Waals surface area contributed by atoms with Gasteiger partial charge in [-0.2, -0.15) is 0 Å². The maximum Gasteiger partial charge on any atom is 0.421 e. The first-order valence-corrected chi connectivity index (χ1v) is 8.49. The van der Waals surface area contributed by atoms with Crippen molar-refractivity contribution in [1.29, 1.82) is 0 Å². The van der Waals surface area contributed by atoms with Gasteiger partial charge in [0.15, 0.2) is 0 Å². The molecule has 26 heavy (non-hydrogen) atoms. The van der Waals surface area contributed by atoms with Crippen molar-refractivity contribution in [2.75, 3.05) is 26.7 Å². The lowest BCUT2D eigenvalue weighted by Crippen LogP contribution is -2.64. The van der Waals surface area contributed by atoms with Crippen LogP contribution in [-0.4, -0.2) is 71.3 Å². The quantitative estimate of drug-likeness (QED) is 0.548. The van der Waals surface area contributed by atoms with E-state index in [4.69, 9.17) is 14.2 Å². The zero-order chi connectivity index (χ0) is 18.9. The molecule has 2 atom stereocenters. The van der Waals surface area contributed by atoms with Crippen LogP contribution < -0.4 is 4.74 Å². The second-order valence-electron chi connectivity index (χ2n) is 6.11. The number of rotatable bonds is 5. The predicted molar refractivity (Wildman–Crippen MR) is 88.1 cm³/mol. The molecule has 3 heterocycles. The van der Waals surface area contributed by atoms with Gasteiger partial charge in [0.25, 0.3) is 12.1 Å². The van der Waals surface area contributed by atoms with Gasteiger partial charge in [-0.1, -0.05) is 13.8 Å². The Hall–Kier alpha value is -2.68. The molecule has 0 spiro atoms. The molecule has 2 unspecified atom stereocenters. The smallest absolute Gasteiger partial charge is 0.421 e. The van der Waals surface area contributed by atoms with Crippen LogP contribution in [0.4, 0.5) is 0 Å². The van der Waals surface area contributed by atoms with Gasteiger partial charge in [0.2, 0.25) is 5.88 Å². The number of aromatic nitrogens is 1. The standard InChI is InChI=1S/C17H21N3O6/c1-4-20(5-2)10-8-17-16(24-14(22)15(23)26-17)19(3)13(21)11-7-6-9-18-12(11)25-17/h6-7,9,16H,4-5,8,10H2,1-3H3. The molecule has 0 bridgehead atoms. The van der Waals surface area contributed by atoms with E-state index in [2.05, 4.69) is 9.88 Å². The molecule has 1 aromatic heterocycles. The third kappa shape index (κ3) is 2.98. The lowest BCUT2D eigenvalue weighted by Gasteiger charge is -2.42. The highest BCUT2D eigenvalue weighted by Gasteiger charge is 2.58. The summed E-state index contributed by atoms with van der Waals surface area (Å²) >= 11 is 0. The third-order valence-corrected chi connectivity index (χ3v) is 4.64. The van der Waals surface area contributed by atoms with E-state index in [1.165, 1.54) is 18.1 Å². The molecule has 0 aliphatic carbocycles. The number of amides is 1. The molecule has 0 N–H and O–H groups in total. The topological polar surface area (TPSA) is 98.3 Å². The largest absolute Gasteiger partial charge is 0.428 e. The van der Waals surface area contributed by atoms with Gasteiger partial charge >= 0.3 is 17.7 Å². The van der Waals surface area contributed by atoms with Crippen LogP contribution in [0.25, 0.3) is 0 Å². The summed E-state index contributed by atoms with van der Waals surface area (Å²) in [6, 6.07) is 3.16. The average Bonchev–Trinajstić information content (AvgIpc) is 2.72. The summed E-state index contributed by atoms with van der Waals surface area (Å²) in [6.45, 7) is 6.10. The molecule has 2 aliphatic heterocycles. The Kier molecular flexibility index (Phi) is 4.82. The summed E-state index contributed by atoms with van der Waals surface area (Å²) in [7, 11) is 1.47. The Bertz CT molecular complexity index is 735. The summed E-state index contributed by atoms with van der Waals surface area (Å²) in [5, 5.41) is 0. The highest BCUT2D eigenvalue weighted by atomic mass is 16.8. The van der Waals surface area contributed by atoms with Crippen molar-refractivity contribution >= 4 is 17.8 Å². The number of likely N-dealkylation sites (N-methyl/N-ethyl adjacent to an activating group) is 1. The van der Waals surface area contributed by atoms with Crippen molar-refractivity contribution in [2.45, 2.75) is 32.3 Å². The molecule has 9 heteroatoms. The Labute approximate surface area is 150 Å². The number of hydrogen-bond acceptors (Lipinski definition) is 8. The van der Waals surface area contributed by atoms with Crippen LogP contribution in [0.3, 0.4) is 0 Å². The maximum atomic E-state index is 12.7. The highest BCUT2D eigenvalue weighted by Crippen LogP contribution is 2.37. The van der Waals surface area contributed by atoms with Crippen LogP contribution in [0, 0.1) is 0 Å². The molecule has 1 amide bonds. The van der Waals surface area contributed by atoms with Gasteiger partial charge in [0, 0.05) is 26.2 Å². The fourth-order valence-corrected chi connectivity index (χ4v) is 3.11. The van der Waals surface area contributed by atoms with Gasteiger partial charge < -0.3 is 19.1 Å². The van der Waals surface area contributed by atoms with E-state index in [0.717, 1.165) is 13.1 Å². The molecule has 1 fully saturated rings. The van der Waals surface area contributed by atoms with E-state index in [0.29, 0.717) is 6.54 Å². The number of ether oxygens (including phenoxy) is 3. The number of esters is 2. The molecule has 0 saturated carbocycles. The van der Waals surface area contributed by atoms with E-state index < -0.39 is 29.9 Å². The zero-order valence-electron chi connectivity index (χ0n) is 14.9. The SMILES string of the molecule is CCN(CC)CCC12OC(=O)C(=O)OC1N(C)C(=O)c1cccnc1O2. The van der Waals surface area contributed by atoms with Crippen LogP contribution >= 0.6 is 0 Å². The fourth-order valence-electron chi connectivity index (χ4n) is 3.11. The molecule has 1 aromatic rings. The summed E-state index contributed by atoms with van der Waals surface area (Å²) in [5.41, 5.74) is 0.207. The van der Waals surface area contributed by atoms with E-state index in [-0.39, 0.29) is 17.9 Å². The van der Waals surface area contributed by atoms with Gasteiger partial charge in [0.05, 0.1) is 0 Å². The Morgan fingerprint density at radius 1 is 1.19 bits per heavy atom. The second kappa shape index (κ2) is 6.91. The molecule has 9 nitrogen and oxygen atoms in total. The minimum Gasteiger partial charge on any atom is -0.428 e. The van der Waals surface area contributed by atoms with Crippen molar-refractivity contribution in [3.63, 3.8) is 0 Å². The number of fused-ring (bicyclic) bond motifs is 2. The molecular formula is C17H21N3O6. The lowest BCUT2D eigenvalue weighted by molar-refractivity contribution is -0.284. The molecule has 0 aromatic carbocycles. The minimum absolute atomic E-state index is 0.0390. The van der Waals surface area contributed by atoms with E-state index >= 15 is 0 Å². The summed E-state index contributed by atoms with van der Waals surface area (Å²) in [4.78, 5) is 43.8. The second-order valence-corrected chi connectivity index (χ2v) is 6.11. The van der Waals surface area contributed by atoms with Gasteiger partial charge in [-0.3, -0.25) is 9.69 Å². The molecule has 3 rings (SSSR count). The molecule has 1 saturated heterocycles. The first kappa shape index (κ1) is 18.1. The Morgan fingerprint density at radius 2 is 1.92 bits per heavy atom. The minimum atomic E-state index is -1.66. The lowest BCUT2D eigenvalue weighted by atomic mass is 10.1. The number of pyridine rings is 1. The van der Waals surface area contributed by atoms with E-state index in [1.54, 1.807) is 12.1 Å². The molecule has 0 radical (unpaired) electrons. The summed E-state index contributed by atoms with van der Waals surface area (Å²) in [6.07, 6.45) is 0.470. The van der Waals surface area contributed by atoms with Crippen LogP contribution in [0.15, 0.2) is 18.3 Å². The van der Waals surface area contributed by atoms with E-state index in [9.17, 15) is 14.4 Å². The summed E-state index contributed by atoms with van der Waals surface area (Å²) < 4.78 is 16.5. The van der Waals surface area contributed by atoms with Crippen molar-refractivity contribution in [3.05, 3.63) is 23.9 Å². The van der Waals surface area contributed by atoms with Crippen LogP contribution in [-0.2, 0) is 19.1 Å². The van der Waals surface area contributed by atoms with Crippen LogP contribution in [0.5, 0.6) is 5.88 Å². The number of hydrogen-bond donors (Lipinski definition) is 0. The highest BCUT2D eigenvalue weighted by molar-refractivity contribution is 6.30. The van der Waals surface area contributed by atoms with Crippen LogP contribution in [0.2, 0.25) is 0 Å². The normalized spacial score (nSPS) is 25.0. The number of nitrogens with zero attached hydrogens (tertiary/aromatic N) is 3. The number of carbonyl (C=O) groups excluding carboxylic acids is 3. The first-order valence-electron chi connectivity index (χ1n) is 8.49. The van der Waals surface area contributed by atoms with Gasteiger partial charge in [-0.25, -0.2) is 14.6 Å². The van der Waals surface area contributed by atoms with Crippen LogP contribution in [0.1, 0.15) is 30.6 Å². The number of carbonyl (C=O) groups is 3. The molecule has 140 valence electrons. The maximum absolute atomic E-state index is 12.7. The fraction of sp³-hybridized carbons (Fsp3) is 0.529. The van der Waals surface area contributed by atoms with Gasteiger partial charge in [-0.05, 0) is 25.2 Å². The third-order valence-electron chi connectivity index (χ3n) is 4.64. The monoisotopic (exact) mass is 363 g/mol. The molecular weight excluding hydrogens is 342 g/mol. The Balaban J connectivity index is 2.03. The first-order chi connectivity index (χ1) is 12.4. The van der Waals surface area contributed by atoms with Crippen molar-refractivity contribution in [1.82, 2.24) is 14.8 Å². The van der Waals surface area contributed by atoms with Crippen molar-refractivity contribution < 1.29 is 28.6 Å². The predicted octanol–water partition coefficient (Wildman–Crippen LogP) is 0.400. The summed E-state index contributed by atoms with van der Waals surface area (Å²) in [5.74, 6) is -4.36. The van der Waals surface area contributed by atoms with E-state index in [1.807, 2.05) is 13.8 Å². The van der Waals surface area contributed by atoms with Crippen molar-refractivity contribution in [3.8, 4) is 5.88 Å². The van der Waals surface area contributed by atoms with Crippen molar-refractivity contribution in [2.24, 2.45) is 0 Å². The average molecular weight is 363 g/mol. The Morgan fingerprint density at radius 3 is 2.62 bits per heavy atom. The van der Waals surface area contributed by atoms with Gasteiger partial charge in [0.1, 0.15) is 5.56 Å². The zero-order valence-corrected chi connectivity index (χ0v) is 14.9.